The van der Waals surface area contributed by atoms with E-state index in [0.717, 1.165) is 25.4 Å². The van der Waals surface area contributed by atoms with Crippen molar-refractivity contribution < 1.29 is 23.4 Å². The lowest BCUT2D eigenvalue weighted by Gasteiger charge is -2.14. The van der Waals surface area contributed by atoms with Crippen LogP contribution >= 0.6 is 0 Å². The van der Waals surface area contributed by atoms with Gasteiger partial charge in [-0.1, -0.05) is 17.7 Å². The van der Waals surface area contributed by atoms with Crippen LogP contribution in [-0.2, 0) is 4.79 Å². The van der Waals surface area contributed by atoms with Gasteiger partial charge in [-0.25, -0.2) is 0 Å². The van der Waals surface area contributed by atoms with Crippen LogP contribution in [0.4, 0.5) is 0 Å². The Morgan fingerprint density at radius 1 is 1.30 bits per heavy atom. The highest BCUT2D eigenvalue weighted by atomic mass is 35.5. The molecule has 0 atom stereocenters. The second kappa shape index (κ2) is 8.82. The number of ether oxygens (including phenoxy) is 1. The van der Waals surface area contributed by atoms with E-state index in [2.05, 4.69) is 10.2 Å². The molecule has 0 radical (unpaired) electrons. The van der Waals surface area contributed by atoms with Crippen LogP contribution in [0.1, 0.15) is 19.8 Å². The maximum atomic E-state index is 11.6. The molecule has 112 valence electrons. The van der Waals surface area contributed by atoms with E-state index in [0.29, 0.717) is 6.54 Å². The first kappa shape index (κ1) is 16.8. The van der Waals surface area contributed by atoms with E-state index in [1.165, 1.54) is 18.4 Å². The Kier molecular flexibility index (Phi) is 7.41. The first-order valence-corrected chi connectivity index (χ1v) is 6.92. The summed E-state index contributed by atoms with van der Waals surface area (Å²) in [7, 11) is 0. The van der Waals surface area contributed by atoms with Crippen LogP contribution in [0.2, 0.25) is 0 Å². The van der Waals surface area contributed by atoms with E-state index >= 15 is 0 Å². The Hall–Kier alpha value is -1.26. The van der Waals surface area contributed by atoms with Crippen molar-refractivity contribution >= 4 is 5.91 Å². The van der Waals surface area contributed by atoms with Crippen LogP contribution < -0.4 is 22.5 Å². The van der Waals surface area contributed by atoms with E-state index in [4.69, 9.17) is 4.74 Å². The first-order valence-electron chi connectivity index (χ1n) is 6.92. The molecule has 0 spiro atoms. The number of benzene rings is 1. The fraction of sp³-hybridized carbons (Fsp3) is 0.533. The fourth-order valence-corrected chi connectivity index (χ4v) is 2.19. The van der Waals surface area contributed by atoms with Gasteiger partial charge in [-0.15, -0.1) is 0 Å². The summed E-state index contributed by atoms with van der Waals surface area (Å²) in [6, 6.07) is 7.71. The minimum absolute atomic E-state index is 0. The molecule has 1 saturated heterocycles. The zero-order valence-electron chi connectivity index (χ0n) is 12.9. The third-order valence-electron chi connectivity index (χ3n) is 3.34. The zero-order chi connectivity index (χ0) is 13.5. The molecule has 1 heterocycles. The number of nitrogens with zero attached hydrogens (tertiary/aromatic N) is 1. The summed E-state index contributed by atoms with van der Waals surface area (Å²) in [4.78, 5) is 14.0. The van der Waals surface area contributed by atoms with Crippen molar-refractivity contribution in [3.05, 3.63) is 29.8 Å². The average Bonchev–Trinajstić information content (AvgIpc) is 2.91. The number of carbonyl (C=O) groups is 1. The number of halogens is 1. The Bertz CT molecular complexity index is 409. The highest BCUT2D eigenvalue weighted by Crippen LogP contribution is 2.10. The van der Waals surface area contributed by atoms with Gasteiger partial charge in [0.1, 0.15) is 5.75 Å². The van der Waals surface area contributed by atoms with E-state index in [1.54, 1.807) is 0 Å². The standard InChI is InChI=1S/C15H22N2O2.ClH/c1-13-4-6-14(7-5-13)19-12-15(18)16-8-11-17-9-2-3-10-17;/h4-7H,2-3,8-12H2,1H3,(H,16,18);1H. The summed E-state index contributed by atoms with van der Waals surface area (Å²) in [5, 5.41) is 2.89. The van der Waals surface area contributed by atoms with E-state index in [9.17, 15) is 4.79 Å². The molecule has 4 nitrogen and oxygen atoms in total. The molecule has 1 aromatic carbocycles. The van der Waals surface area contributed by atoms with Crippen LogP contribution in [0.5, 0.6) is 5.75 Å². The topological polar surface area (TPSA) is 41.6 Å². The molecule has 5 heteroatoms. The van der Waals surface area contributed by atoms with Gasteiger partial charge < -0.3 is 27.4 Å². The lowest BCUT2D eigenvalue weighted by Crippen LogP contribution is -3.00. The van der Waals surface area contributed by atoms with Crippen molar-refractivity contribution in [2.24, 2.45) is 0 Å². The summed E-state index contributed by atoms with van der Waals surface area (Å²) in [6.07, 6.45) is 2.56. The van der Waals surface area contributed by atoms with Crippen LogP contribution in [0, 0.1) is 6.92 Å². The predicted octanol–water partition coefficient (Wildman–Crippen LogP) is -1.30. The van der Waals surface area contributed by atoms with E-state index < -0.39 is 0 Å². The van der Waals surface area contributed by atoms with Gasteiger partial charge in [0.05, 0.1) is 0 Å². The molecule has 1 aromatic rings. The van der Waals surface area contributed by atoms with Crippen molar-refractivity contribution in [3.8, 4) is 5.75 Å². The van der Waals surface area contributed by atoms with Crippen LogP contribution in [0.3, 0.4) is 0 Å². The quantitative estimate of drug-likeness (QED) is 0.710. The molecule has 1 N–H and O–H groups in total. The highest BCUT2D eigenvalue weighted by molar-refractivity contribution is 5.77. The molecule has 1 fully saturated rings. The Morgan fingerprint density at radius 2 is 1.95 bits per heavy atom. The largest absolute Gasteiger partial charge is 1.00 e. The van der Waals surface area contributed by atoms with Crippen LogP contribution in [0.25, 0.3) is 0 Å². The van der Waals surface area contributed by atoms with Gasteiger partial charge in [0.25, 0.3) is 5.91 Å². The highest BCUT2D eigenvalue weighted by Gasteiger charge is 2.11. The van der Waals surface area contributed by atoms with Crippen molar-refractivity contribution in [1.29, 1.82) is 0 Å². The van der Waals surface area contributed by atoms with Crippen molar-refractivity contribution in [2.75, 3.05) is 32.8 Å². The molecule has 0 aliphatic carbocycles. The van der Waals surface area contributed by atoms with Gasteiger partial charge in [-0.2, -0.15) is 0 Å². The van der Waals surface area contributed by atoms with E-state index in [1.807, 2.05) is 31.2 Å². The molecule has 0 saturated carbocycles. The maximum absolute atomic E-state index is 11.6. The predicted molar refractivity (Wildman–Crippen MR) is 76.5 cm³/mol. The molecule has 0 bridgehead atoms. The number of rotatable bonds is 6. The Morgan fingerprint density at radius 3 is 2.60 bits per heavy atom. The monoisotopic (exact) mass is 298 g/mol. The number of aryl methyl sites for hydroxylation is 1. The molecule has 0 unspecified atom stereocenters. The van der Waals surface area contributed by atoms with Crippen LogP contribution in [-0.4, -0.2) is 43.6 Å². The second-order valence-corrected chi connectivity index (χ2v) is 5.00. The number of hydrogen-bond donors (Lipinski definition) is 1. The number of amides is 1. The molecular formula is C15H23ClN2O2. The summed E-state index contributed by atoms with van der Waals surface area (Å²) < 4.78 is 5.42. The molecule has 1 aliphatic heterocycles. The lowest BCUT2D eigenvalue weighted by molar-refractivity contribution is -0.123. The zero-order valence-corrected chi connectivity index (χ0v) is 12.7. The van der Waals surface area contributed by atoms with Gasteiger partial charge in [0.15, 0.2) is 6.61 Å². The fourth-order valence-electron chi connectivity index (χ4n) is 2.19. The number of nitrogens with one attached hydrogen (secondary N) is 1. The molecule has 1 aliphatic rings. The minimum atomic E-state index is -0.0558. The Labute approximate surface area is 128 Å². The third-order valence-corrected chi connectivity index (χ3v) is 3.34. The van der Waals surface area contributed by atoms with Gasteiger partial charge in [-0.05, 0) is 45.0 Å². The summed E-state index contributed by atoms with van der Waals surface area (Å²) in [5.41, 5.74) is 1.18. The van der Waals surface area contributed by atoms with E-state index in [-0.39, 0.29) is 26.3 Å². The normalized spacial score (nSPS) is 14.7. The summed E-state index contributed by atoms with van der Waals surface area (Å²) >= 11 is 0. The Balaban J connectivity index is 0.00000200. The summed E-state index contributed by atoms with van der Waals surface area (Å²) in [5.74, 6) is 0.681. The van der Waals surface area contributed by atoms with Gasteiger partial charge >= 0.3 is 1.43 Å². The summed E-state index contributed by atoms with van der Waals surface area (Å²) in [6.45, 7) is 6.08. The first-order chi connectivity index (χ1) is 9.24. The lowest BCUT2D eigenvalue weighted by atomic mass is 10.2. The van der Waals surface area contributed by atoms with Crippen molar-refractivity contribution in [3.63, 3.8) is 0 Å². The molecule has 20 heavy (non-hydrogen) atoms. The smallest absolute Gasteiger partial charge is 1.00 e. The maximum Gasteiger partial charge on any atom is 1.00 e. The molecular weight excluding hydrogens is 276 g/mol. The number of likely N-dealkylation sites (tertiary alicyclic amines) is 1. The average molecular weight is 299 g/mol. The van der Waals surface area contributed by atoms with Crippen LogP contribution in [0.15, 0.2) is 24.3 Å². The van der Waals surface area contributed by atoms with Crippen molar-refractivity contribution in [1.82, 2.24) is 10.2 Å². The second-order valence-electron chi connectivity index (χ2n) is 5.00. The van der Waals surface area contributed by atoms with Gasteiger partial charge in [0.2, 0.25) is 0 Å². The minimum Gasteiger partial charge on any atom is -1.00 e. The molecule has 2 rings (SSSR count). The van der Waals surface area contributed by atoms with Crippen molar-refractivity contribution in [2.45, 2.75) is 19.8 Å². The number of carbonyl (C=O) groups excluding carboxylic acids is 1. The molecule has 1 amide bonds. The van der Waals surface area contributed by atoms with Gasteiger partial charge in [0, 0.05) is 13.1 Å². The third kappa shape index (κ3) is 5.80. The number of hydrogen-bond acceptors (Lipinski definition) is 3. The SMILES string of the molecule is Cc1ccc(OCC(=O)NCCN2CCCC2)cc1.[Cl-].[H+]. The molecule has 0 aromatic heterocycles. The van der Waals surface area contributed by atoms with Gasteiger partial charge in [-0.3, -0.25) is 4.79 Å².